The van der Waals surface area contributed by atoms with E-state index in [2.05, 4.69) is 0 Å². The smallest absolute Gasteiger partial charge is 0.207 e. The van der Waals surface area contributed by atoms with E-state index in [1.807, 2.05) is 38.3 Å². The van der Waals surface area contributed by atoms with Gasteiger partial charge in [0.05, 0.1) is 30.4 Å². The molecule has 0 aliphatic carbocycles. The number of hydrogen-bond donors (Lipinski definition) is 1. The summed E-state index contributed by atoms with van der Waals surface area (Å²) in [4.78, 5) is 14.0. The number of carbonyl (C=O) groups excluding carboxylic acids is 1. The van der Waals surface area contributed by atoms with Gasteiger partial charge in [0.2, 0.25) is 5.78 Å². The number of benzene rings is 2. The molecule has 1 atom stereocenters. The number of thioether (sulfide) groups is 1. The molecule has 0 amide bonds. The molecule has 0 radical (unpaired) electrons. The van der Waals surface area contributed by atoms with Crippen molar-refractivity contribution >= 4 is 23.2 Å². The van der Waals surface area contributed by atoms with E-state index in [1.165, 1.54) is 11.8 Å². The number of methoxy groups -OCH3 is 2. The van der Waals surface area contributed by atoms with E-state index in [1.54, 1.807) is 26.4 Å². The van der Waals surface area contributed by atoms with Gasteiger partial charge in [-0.05, 0) is 49.4 Å². The van der Waals surface area contributed by atoms with Crippen LogP contribution in [0, 0.1) is 6.92 Å². The Morgan fingerprint density at radius 3 is 2.35 bits per heavy atom. The Labute approximate surface area is 158 Å². The molecule has 0 fully saturated rings. The molecule has 26 heavy (non-hydrogen) atoms. The number of carbonyl (C=O) groups is 1. The first kappa shape index (κ1) is 20.0. The quantitative estimate of drug-likeness (QED) is 0.420. The summed E-state index contributed by atoms with van der Waals surface area (Å²) in [5.41, 5.74) is 8.00. The van der Waals surface area contributed by atoms with Gasteiger partial charge in [0.1, 0.15) is 17.2 Å². The van der Waals surface area contributed by atoms with Gasteiger partial charge < -0.3 is 19.9 Å². The van der Waals surface area contributed by atoms with Gasteiger partial charge in [0, 0.05) is 0 Å². The van der Waals surface area contributed by atoms with Crippen LogP contribution in [0.25, 0.3) is 0 Å². The van der Waals surface area contributed by atoms with Gasteiger partial charge in [0.25, 0.3) is 0 Å². The van der Waals surface area contributed by atoms with Crippen LogP contribution >= 0.6 is 11.8 Å². The van der Waals surface area contributed by atoms with Crippen molar-refractivity contribution < 1.29 is 19.0 Å². The van der Waals surface area contributed by atoms with Crippen LogP contribution < -0.4 is 19.9 Å². The number of nitrogen functional groups attached to an aromatic ring is 1. The van der Waals surface area contributed by atoms with Crippen molar-refractivity contribution in [3.8, 4) is 17.2 Å². The molecular formula is C20H25NO4S. The molecule has 5 nitrogen and oxygen atoms in total. The maximum atomic E-state index is 13.1. The zero-order valence-corrected chi connectivity index (χ0v) is 16.6. The fraction of sp³-hybridized carbons (Fsp3) is 0.350. The minimum absolute atomic E-state index is 0.171. The van der Waals surface area contributed by atoms with E-state index >= 15 is 0 Å². The number of anilines is 1. The lowest BCUT2D eigenvalue weighted by atomic mass is 10.0. The summed E-state index contributed by atoms with van der Waals surface area (Å²) in [5, 5.41) is 0. The zero-order chi connectivity index (χ0) is 19.3. The summed E-state index contributed by atoms with van der Waals surface area (Å²) in [5.74, 6) is 1.46. The first-order chi connectivity index (χ1) is 12.4. The van der Waals surface area contributed by atoms with Crippen molar-refractivity contribution in [1.82, 2.24) is 0 Å². The average molecular weight is 375 g/mol. The van der Waals surface area contributed by atoms with Crippen LogP contribution in [0.2, 0.25) is 0 Å². The Morgan fingerprint density at radius 2 is 1.81 bits per heavy atom. The minimum Gasteiger partial charge on any atom is -0.496 e. The fourth-order valence-electron chi connectivity index (χ4n) is 2.65. The molecule has 0 saturated heterocycles. The third kappa shape index (κ3) is 4.25. The van der Waals surface area contributed by atoms with Gasteiger partial charge in [0.15, 0.2) is 6.10 Å². The Bertz CT molecular complexity index is 792. The SMILES string of the molecule is CCC(Oc1ccc(C)cc1N)C(=O)c1cc(OC)c(SC)cc1OC. The second-order valence-electron chi connectivity index (χ2n) is 5.83. The summed E-state index contributed by atoms with van der Waals surface area (Å²) in [6.45, 7) is 3.85. The molecule has 0 heterocycles. The van der Waals surface area contributed by atoms with Crippen molar-refractivity contribution in [2.24, 2.45) is 0 Å². The summed E-state index contributed by atoms with van der Waals surface area (Å²) in [6, 6.07) is 9.03. The van der Waals surface area contributed by atoms with Gasteiger partial charge in [-0.25, -0.2) is 0 Å². The second kappa shape index (κ2) is 8.85. The number of rotatable bonds is 8. The number of ketones is 1. The highest BCUT2D eigenvalue weighted by Gasteiger charge is 2.26. The molecule has 140 valence electrons. The van der Waals surface area contributed by atoms with Crippen LogP contribution in [0.5, 0.6) is 17.2 Å². The van der Waals surface area contributed by atoms with Gasteiger partial charge in [-0.3, -0.25) is 4.79 Å². The molecule has 2 aromatic rings. The molecule has 0 aliphatic heterocycles. The van der Waals surface area contributed by atoms with E-state index in [-0.39, 0.29) is 5.78 Å². The summed E-state index contributed by atoms with van der Waals surface area (Å²) in [6.07, 6.45) is 1.78. The Hall–Kier alpha value is -2.34. The third-order valence-corrected chi connectivity index (χ3v) is 4.83. The molecule has 0 aliphatic rings. The van der Waals surface area contributed by atoms with Crippen LogP contribution in [0.4, 0.5) is 5.69 Å². The highest BCUT2D eigenvalue weighted by Crippen LogP contribution is 2.36. The lowest BCUT2D eigenvalue weighted by Crippen LogP contribution is -2.27. The Morgan fingerprint density at radius 1 is 1.12 bits per heavy atom. The average Bonchev–Trinajstić information content (AvgIpc) is 2.65. The predicted molar refractivity (Wildman–Crippen MR) is 106 cm³/mol. The van der Waals surface area contributed by atoms with E-state index in [9.17, 15) is 4.79 Å². The lowest BCUT2D eigenvalue weighted by Gasteiger charge is -2.20. The zero-order valence-electron chi connectivity index (χ0n) is 15.8. The second-order valence-corrected chi connectivity index (χ2v) is 6.68. The minimum atomic E-state index is -0.668. The molecule has 0 bridgehead atoms. The highest BCUT2D eigenvalue weighted by atomic mass is 32.2. The number of Topliss-reactive ketones (excluding diaryl/α,β-unsaturated/α-hetero) is 1. The molecule has 2 rings (SSSR count). The topological polar surface area (TPSA) is 70.8 Å². The van der Waals surface area contributed by atoms with Crippen molar-refractivity contribution in [2.75, 3.05) is 26.2 Å². The van der Waals surface area contributed by atoms with Crippen LogP contribution in [0.1, 0.15) is 29.3 Å². The largest absolute Gasteiger partial charge is 0.496 e. The molecule has 6 heteroatoms. The monoisotopic (exact) mass is 375 g/mol. The van der Waals surface area contributed by atoms with Crippen LogP contribution in [-0.2, 0) is 0 Å². The van der Waals surface area contributed by atoms with E-state index in [4.69, 9.17) is 19.9 Å². The number of ether oxygens (including phenoxy) is 3. The molecule has 0 spiro atoms. The summed E-state index contributed by atoms with van der Waals surface area (Å²) >= 11 is 1.53. The van der Waals surface area contributed by atoms with Gasteiger partial charge in [-0.15, -0.1) is 11.8 Å². The van der Waals surface area contributed by atoms with Gasteiger partial charge >= 0.3 is 0 Å². The van der Waals surface area contributed by atoms with Gasteiger partial charge in [-0.1, -0.05) is 13.0 Å². The van der Waals surface area contributed by atoms with Crippen molar-refractivity contribution in [2.45, 2.75) is 31.3 Å². The van der Waals surface area contributed by atoms with Crippen LogP contribution in [-0.4, -0.2) is 32.4 Å². The molecule has 0 saturated carbocycles. The fourth-order valence-corrected chi connectivity index (χ4v) is 3.21. The Balaban J connectivity index is 2.38. The first-order valence-electron chi connectivity index (χ1n) is 8.32. The Kier molecular flexibility index (Phi) is 6.80. The molecule has 2 aromatic carbocycles. The van der Waals surface area contributed by atoms with E-state index in [0.29, 0.717) is 34.9 Å². The molecule has 0 aromatic heterocycles. The highest BCUT2D eigenvalue weighted by molar-refractivity contribution is 7.98. The van der Waals surface area contributed by atoms with E-state index < -0.39 is 6.10 Å². The summed E-state index contributed by atoms with van der Waals surface area (Å²) in [7, 11) is 3.12. The van der Waals surface area contributed by atoms with Crippen molar-refractivity contribution in [3.63, 3.8) is 0 Å². The van der Waals surface area contributed by atoms with E-state index in [0.717, 1.165) is 10.5 Å². The third-order valence-electron chi connectivity index (χ3n) is 4.07. The van der Waals surface area contributed by atoms with Crippen molar-refractivity contribution in [3.05, 3.63) is 41.5 Å². The van der Waals surface area contributed by atoms with Crippen LogP contribution in [0.15, 0.2) is 35.2 Å². The number of aryl methyl sites for hydroxylation is 1. The van der Waals surface area contributed by atoms with Gasteiger partial charge in [-0.2, -0.15) is 0 Å². The lowest BCUT2D eigenvalue weighted by molar-refractivity contribution is 0.0784. The standard InChI is InChI=1S/C20H25NO4S/c1-6-15(25-16-8-7-12(2)9-14(16)21)20(22)13-10-18(24-4)19(26-5)11-17(13)23-3/h7-11,15H,6,21H2,1-5H3. The predicted octanol–water partition coefficient (Wildman–Crippen LogP) is 4.36. The normalized spacial score (nSPS) is 11.7. The van der Waals surface area contributed by atoms with Crippen molar-refractivity contribution in [1.29, 1.82) is 0 Å². The first-order valence-corrected chi connectivity index (χ1v) is 9.54. The number of nitrogens with two attached hydrogens (primary N) is 1. The molecule has 2 N–H and O–H groups in total. The van der Waals surface area contributed by atoms with Crippen LogP contribution in [0.3, 0.4) is 0 Å². The maximum Gasteiger partial charge on any atom is 0.207 e. The molecule has 1 unspecified atom stereocenters. The number of hydrogen-bond acceptors (Lipinski definition) is 6. The summed E-state index contributed by atoms with van der Waals surface area (Å²) < 4.78 is 16.7. The molecular weight excluding hydrogens is 350 g/mol. The maximum absolute atomic E-state index is 13.1.